The molecule has 0 rings (SSSR count). The maximum absolute atomic E-state index is 2.51. The van der Waals surface area contributed by atoms with E-state index in [2.05, 4.69) is 27.7 Å². The summed E-state index contributed by atoms with van der Waals surface area (Å²) in [4.78, 5) is 0. The second-order valence-electron chi connectivity index (χ2n) is 5.59. The molecule has 0 N–H and O–H groups in total. The first-order chi connectivity index (χ1) is 8.26. The average Bonchev–Trinajstić information content (AvgIpc) is 2.36. The monoisotopic (exact) mass is 255 g/mol. The summed E-state index contributed by atoms with van der Waals surface area (Å²) in [5.74, 6) is 0. The van der Waals surface area contributed by atoms with Crippen LogP contribution in [0.25, 0.3) is 0 Å². The van der Waals surface area contributed by atoms with Gasteiger partial charge < -0.3 is 0 Å². The van der Waals surface area contributed by atoms with Crippen molar-refractivity contribution in [3.8, 4) is 0 Å². The van der Waals surface area contributed by atoms with Crippen LogP contribution < -0.4 is 0 Å². The maximum Gasteiger partial charge on any atom is 0.0509 e. The minimum Gasteiger partial charge on any atom is -0.0654 e. The van der Waals surface area contributed by atoms with Crippen molar-refractivity contribution in [3.05, 3.63) is 0 Å². The van der Waals surface area contributed by atoms with Gasteiger partial charge in [0.1, 0.15) is 0 Å². The molecular formula is C16H35Si. The predicted octanol–water partition coefficient (Wildman–Crippen LogP) is 6.44. The van der Waals surface area contributed by atoms with Gasteiger partial charge in [-0.15, -0.1) is 0 Å². The Kier molecular flexibility index (Phi) is 12.8. The van der Waals surface area contributed by atoms with Gasteiger partial charge in [-0.3, -0.25) is 0 Å². The molecule has 0 heterocycles. The second-order valence-corrected chi connectivity index (χ2v) is 8.89. The van der Waals surface area contributed by atoms with Crippen molar-refractivity contribution >= 4 is 8.80 Å². The van der Waals surface area contributed by atoms with Crippen molar-refractivity contribution in [1.29, 1.82) is 0 Å². The van der Waals surface area contributed by atoms with Crippen molar-refractivity contribution in [1.82, 2.24) is 0 Å². The van der Waals surface area contributed by atoms with Gasteiger partial charge in [0, 0.05) is 0 Å². The van der Waals surface area contributed by atoms with Crippen LogP contribution in [0.15, 0.2) is 0 Å². The van der Waals surface area contributed by atoms with Gasteiger partial charge in [-0.1, -0.05) is 103 Å². The first-order valence-electron chi connectivity index (χ1n) is 8.10. The van der Waals surface area contributed by atoms with E-state index in [-0.39, 0.29) is 8.80 Å². The molecule has 0 aliphatic rings. The summed E-state index contributed by atoms with van der Waals surface area (Å²) < 4.78 is 0. The molecule has 0 aromatic heterocycles. The predicted molar refractivity (Wildman–Crippen MR) is 83.4 cm³/mol. The van der Waals surface area contributed by atoms with E-state index in [0.29, 0.717) is 0 Å². The minimum atomic E-state index is -0.0342. The average molecular weight is 256 g/mol. The van der Waals surface area contributed by atoms with Gasteiger partial charge in [0.2, 0.25) is 0 Å². The molecule has 17 heavy (non-hydrogen) atoms. The van der Waals surface area contributed by atoms with E-state index < -0.39 is 0 Å². The van der Waals surface area contributed by atoms with Crippen LogP contribution in [0.5, 0.6) is 0 Å². The third kappa shape index (κ3) is 9.88. The van der Waals surface area contributed by atoms with E-state index in [1.807, 2.05) is 0 Å². The van der Waals surface area contributed by atoms with Crippen LogP contribution >= 0.6 is 0 Å². The Hall–Kier alpha value is 0.217. The highest BCUT2D eigenvalue weighted by atomic mass is 28.3. The summed E-state index contributed by atoms with van der Waals surface area (Å²) in [6, 6.07) is 3.18. The number of unbranched alkanes of at least 4 members (excludes halogenated alkanes) is 6. The lowest BCUT2D eigenvalue weighted by Gasteiger charge is -2.21. The summed E-state index contributed by atoms with van der Waals surface area (Å²) in [5.41, 5.74) is 1.04. The van der Waals surface area contributed by atoms with Gasteiger partial charge in [0.15, 0.2) is 0 Å². The fourth-order valence-electron chi connectivity index (χ4n) is 2.46. The molecule has 0 fully saturated rings. The third-order valence-electron chi connectivity index (χ3n) is 4.01. The normalized spacial score (nSPS) is 13.2. The third-order valence-corrected chi connectivity index (χ3v) is 7.81. The summed E-state index contributed by atoms with van der Waals surface area (Å²) in [7, 11) is -0.0342. The van der Waals surface area contributed by atoms with Crippen molar-refractivity contribution < 1.29 is 0 Å². The molecule has 0 amide bonds. The molecule has 0 saturated carbocycles. The lowest BCUT2D eigenvalue weighted by atomic mass is 10.2. The lowest BCUT2D eigenvalue weighted by molar-refractivity contribution is 0.676. The molecule has 0 bridgehead atoms. The zero-order valence-electron chi connectivity index (χ0n) is 12.9. The zero-order chi connectivity index (χ0) is 12.9. The summed E-state index contributed by atoms with van der Waals surface area (Å²) in [6.45, 7) is 9.51. The van der Waals surface area contributed by atoms with Gasteiger partial charge in [-0.25, -0.2) is 0 Å². The van der Waals surface area contributed by atoms with Crippen molar-refractivity contribution in [2.75, 3.05) is 0 Å². The van der Waals surface area contributed by atoms with E-state index in [1.54, 1.807) is 12.1 Å². The van der Waals surface area contributed by atoms with Gasteiger partial charge in [0.05, 0.1) is 8.80 Å². The quantitative estimate of drug-likeness (QED) is 0.278. The molecular weight excluding hydrogens is 220 g/mol. The van der Waals surface area contributed by atoms with Gasteiger partial charge in [0.25, 0.3) is 0 Å². The van der Waals surface area contributed by atoms with Crippen LogP contribution in [0.2, 0.25) is 17.6 Å². The summed E-state index contributed by atoms with van der Waals surface area (Å²) in [5, 5.41) is 0. The van der Waals surface area contributed by atoms with Crippen molar-refractivity contribution in [2.45, 2.75) is 103 Å². The first-order valence-corrected chi connectivity index (χ1v) is 10.1. The standard InChI is InChI=1S/C16H35Si/c1-5-8-10-12-14-17(16(4)7-3)15-13-11-9-6-2/h16H,5-15H2,1-4H3. The van der Waals surface area contributed by atoms with Crippen LogP contribution in [0.3, 0.4) is 0 Å². The Labute approximate surface area is 112 Å². The molecule has 1 atom stereocenters. The summed E-state index contributed by atoms with van der Waals surface area (Å²) >= 11 is 0. The number of hydrogen-bond acceptors (Lipinski definition) is 0. The molecule has 0 aliphatic heterocycles. The molecule has 0 nitrogen and oxygen atoms in total. The highest BCUT2D eigenvalue weighted by molar-refractivity contribution is 6.60. The largest absolute Gasteiger partial charge is 0.0654 e. The minimum absolute atomic E-state index is 0.0342. The Morgan fingerprint density at radius 2 is 1.18 bits per heavy atom. The van der Waals surface area contributed by atoms with Gasteiger partial charge in [-0.2, -0.15) is 0 Å². The molecule has 1 radical (unpaired) electrons. The Bertz CT molecular complexity index is 132. The Morgan fingerprint density at radius 1 is 0.706 bits per heavy atom. The van der Waals surface area contributed by atoms with Gasteiger partial charge in [-0.05, 0) is 0 Å². The fourth-order valence-corrected chi connectivity index (χ4v) is 5.69. The molecule has 0 aromatic rings. The molecule has 0 saturated heterocycles. The van der Waals surface area contributed by atoms with E-state index in [1.165, 1.54) is 57.8 Å². The summed E-state index contributed by atoms with van der Waals surface area (Å²) in [6.07, 6.45) is 13.1. The van der Waals surface area contributed by atoms with E-state index in [0.717, 1.165) is 5.54 Å². The molecule has 1 unspecified atom stereocenters. The number of rotatable bonds is 12. The molecule has 0 aliphatic carbocycles. The van der Waals surface area contributed by atoms with E-state index in [9.17, 15) is 0 Å². The molecule has 1 heteroatoms. The van der Waals surface area contributed by atoms with Crippen LogP contribution in [0.4, 0.5) is 0 Å². The van der Waals surface area contributed by atoms with Crippen LogP contribution in [0.1, 0.15) is 85.5 Å². The van der Waals surface area contributed by atoms with Crippen LogP contribution in [-0.2, 0) is 0 Å². The highest BCUT2D eigenvalue weighted by Crippen LogP contribution is 2.25. The first kappa shape index (κ1) is 17.2. The zero-order valence-corrected chi connectivity index (χ0v) is 13.9. The molecule has 0 aromatic carbocycles. The lowest BCUT2D eigenvalue weighted by Crippen LogP contribution is -2.18. The fraction of sp³-hybridized carbons (Fsp3) is 1.00. The highest BCUT2D eigenvalue weighted by Gasteiger charge is 2.16. The Balaban J connectivity index is 3.72. The van der Waals surface area contributed by atoms with Crippen LogP contribution in [0, 0.1) is 0 Å². The van der Waals surface area contributed by atoms with Crippen LogP contribution in [-0.4, -0.2) is 8.80 Å². The SMILES string of the molecule is CCCCCC[Si](CCCCCC)C(C)CC. The number of hydrogen-bond donors (Lipinski definition) is 0. The van der Waals surface area contributed by atoms with Gasteiger partial charge >= 0.3 is 0 Å². The molecule has 103 valence electrons. The van der Waals surface area contributed by atoms with E-state index in [4.69, 9.17) is 0 Å². The topological polar surface area (TPSA) is 0 Å². The maximum atomic E-state index is 2.51. The smallest absolute Gasteiger partial charge is 0.0509 e. The van der Waals surface area contributed by atoms with Crippen molar-refractivity contribution in [3.63, 3.8) is 0 Å². The van der Waals surface area contributed by atoms with Crippen molar-refractivity contribution in [2.24, 2.45) is 0 Å². The second kappa shape index (κ2) is 12.7. The molecule has 0 spiro atoms. The van der Waals surface area contributed by atoms with E-state index >= 15 is 0 Å². The Morgan fingerprint density at radius 3 is 1.53 bits per heavy atom.